The Morgan fingerprint density at radius 3 is 2.94 bits per heavy atom. The molecule has 1 N–H and O–H groups in total. The van der Waals surface area contributed by atoms with Crippen LogP contribution in [0.25, 0.3) is 6.20 Å². The fourth-order valence-corrected chi connectivity index (χ4v) is 2.56. The quantitative estimate of drug-likeness (QED) is 0.866. The standard InChI is InChI=1S/C14H23N3/c1-4-17-10-13(9-16-17)8-15-14-6-5-11(2)12(3)7-14/h4,9-12,14-15H,1,5-8H2,2-3H3. The number of nitrogens with zero attached hydrogens (tertiary/aromatic N) is 2. The maximum atomic E-state index is 4.18. The molecule has 17 heavy (non-hydrogen) atoms. The van der Waals surface area contributed by atoms with Crippen LogP contribution in [0.15, 0.2) is 19.0 Å². The van der Waals surface area contributed by atoms with Crippen LogP contribution in [-0.2, 0) is 6.54 Å². The molecule has 1 aliphatic rings. The molecule has 0 radical (unpaired) electrons. The Bertz CT molecular complexity index is 369. The van der Waals surface area contributed by atoms with E-state index >= 15 is 0 Å². The lowest BCUT2D eigenvalue weighted by atomic mass is 9.79. The Morgan fingerprint density at radius 1 is 1.47 bits per heavy atom. The van der Waals surface area contributed by atoms with Crippen molar-refractivity contribution >= 4 is 6.20 Å². The molecule has 1 aromatic heterocycles. The minimum atomic E-state index is 0.674. The average molecular weight is 233 g/mol. The molecule has 0 saturated heterocycles. The Hall–Kier alpha value is -1.09. The summed E-state index contributed by atoms with van der Waals surface area (Å²) in [7, 11) is 0. The molecule has 2 rings (SSSR count). The molecule has 0 spiro atoms. The Labute approximate surface area is 104 Å². The summed E-state index contributed by atoms with van der Waals surface area (Å²) in [5, 5.41) is 7.82. The molecule has 3 nitrogen and oxygen atoms in total. The SMILES string of the molecule is C=Cn1cc(CNC2CCC(C)C(C)C2)cn1. The van der Waals surface area contributed by atoms with Crippen molar-refractivity contribution in [2.24, 2.45) is 11.8 Å². The second-order valence-corrected chi connectivity index (χ2v) is 5.36. The molecule has 3 atom stereocenters. The van der Waals surface area contributed by atoms with Gasteiger partial charge >= 0.3 is 0 Å². The van der Waals surface area contributed by atoms with Gasteiger partial charge < -0.3 is 5.32 Å². The number of hydrogen-bond acceptors (Lipinski definition) is 2. The van der Waals surface area contributed by atoms with Crippen molar-refractivity contribution in [2.45, 2.75) is 45.7 Å². The van der Waals surface area contributed by atoms with Gasteiger partial charge in [-0.05, 0) is 31.1 Å². The second-order valence-electron chi connectivity index (χ2n) is 5.36. The van der Waals surface area contributed by atoms with Crippen LogP contribution in [-0.4, -0.2) is 15.8 Å². The number of rotatable bonds is 4. The molecule has 94 valence electrons. The Morgan fingerprint density at radius 2 is 2.29 bits per heavy atom. The van der Waals surface area contributed by atoms with Gasteiger partial charge in [0.2, 0.25) is 0 Å². The largest absolute Gasteiger partial charge is 0.310 e. The fourth-order valence-electron chi connectivity index (χ4n) is 2.56. The van der Waals surface area contributed by atoms with Gasteiger partial charge in [0.05, 0.1) is 6.20 Å². The van der Waals surface area contributed by atoms with Crippen molar-refractivity contribution in [1.29, 1.82) is 0 Å². The monoisotopic (exact) mass is 233 g/mol. The normalized spacial score (nSPS) is 29.2. The van der Waals surface area contributed by atoms with Gasteiger partial charge in [-0.15, -0.1) is 0 Å². The van der Waals surface area contributed by atoms with E-state index in [4.69, 9.17) is 0 Å². The Kier molecular flexibility index (Phi) is 4.00. The lowest BCUT2D eigenvalue weighted by Crippen LogP contribution is -2.35. The van der Waals surface area contributed by atoms with Crippen molar-refractivity contribution in [2.75, 3.05) is 0 Å². The topological polar surface area (TPSA) is 29.9 Å². The summed E-state index contributed by atoms with van der Waals surface area (Å²) in [5.41, 5.74) is 1.23. The van der Waals surface area contributed by atoms with E-state index in [2.05, 4.69) is 30.8 Å². The summed E-state index contributed by atoms with van der Waals surface area (Å²) in [5.74, 6) is 1.73. The molecule has 0 bridgehead atoms. The number of aromatic nitrogens is 2. The highest BCUT2D eigenvalue weighted by atomic mass is 15.2. The minimum absolute atomic E-state index is 0.674. The summed E-state index contributed by atoms with van der Waals surface area (Å²) >= 11 is 0. The fraction of sp³-hybridized carbons (Fsp3) is 0.643. The van der Waals surface area contributed by atoms with E-state index in [9.17, 15) is 0 Å². The zero-order chi connectivity index (χ0) is 12.3. The summed E-state index contributed by atoms with van der Waals surface area (Å²) < 4.78 is 1.75. The van der Waals surface area contributed by atoms with Crippen LogP contribution in [0, 0.1) is 11.8 Å². The smallest absolute Gasteiger partial charge is 0.0538 e. The summed E-state index contributed by atoms with van der Waals surface area (Å²) in [6.45, 7) is 9.35. The summed E-state index contributed by atoms with van der Waals surface area (Å²) in [6.07, 6.45) is 9.61. The van der Waals surface area contributed by atoms with Crippen LogP contribution < -0.4 is 5.32 Å². The number of hydrogen-bond donors (Lipinski definition) is 1. The first-order valence-electron chi connectivity index (χ1n) is 6.58. The van der Waals surface area contributed by atoms with E-state index in [0.29, 0.717) is 6.04 Å². The van der Waals surface area contributed by atoms with Crippen molar-refractivity contribution in [3.8, 4) is 0 Å². The van der Waals surface area contributed by atoms with Gasteiger partial charge in [0, 0.05) is 30.5 Å². The lowest BCUT2D eigenvalue weighted by molar-refractivity contribution is 0.225. The maximum Gasteiger partial charge on any atom is 0.0538 e. The summed E-state index contributed by atoms with van der Waals surface area (Å²) in [4.78, 5) is 0. The third-order valence-electron chi connectivity index (χ3n) is 4.04. The molecule has 3 heteroatoms. The summed E-state index contributed by atoms with van der Waals surface area (Å²) in [6, 6.07) is 0.674. The van der Waals surface area contributed by atoms with Crippen LogP contribution >= 0.6 is 0 Å². The van der Waals surface area contributed by atoms with Crippen molar-refractivity contribution in [3.05, 3.63) is 24.5 Å². The third-order valence-corrected chi connectivity index (χ3v) is 4.04. The van der Waals surface area contributed by atoms with Gasteiger partial charge in [-0.25, -0.2) is 4.68 Å². The third kappa shape index (κ3) is 3.19. The van der Waals surface area contributed by atoms with Crippen molar-refractivity contribution in [1.82, 2.24) is 15.1 Å². The van der Waals surface area contributed by atoms with Gasteiger partial charge in [0.1, 0.15) is 0 Å². The first kappa shape index (κ1) is 12.4. The van der Waals surface area contributed by atoms with Crippen molar-refractivity contribution in [3.63, 3.8) is 0 Å². The highest BCUT2D eigenvalue weighted by molar-refractivity contribution is 5.17. The molecule has 1 aliphatic carbocycles. The molecular weight excluding hydrogens is 210 g/mol. The predicted octanol–water partition coefficient (Wildman–Crippen LogP) is 2.90. The molecule has 1 aromatic rings. The molecule has 3 unspecified atom stereocenters. The average Bonchev–Trinajstić information content (AvgIpc) is 2.79. The van der Waals surface area contributed by atoms with Crippen LogP contribution in [0.2, 0.25) is 0 Å². The molecule has 0 aromatic carbocycles. The van der Waals surface area contributed by atoms with E-state index < -0.39 is 0 Å². The Balaban J connectivity index is 1.80. The zero-order valence-corrected chi connectivity index (χ0v) is 10.9. The van der Waals surface area contributed by atoms with E-state index in [1.54, 1.807) is 10.9 Å². The minimum Gasteiger partial charge on any atom is -0.310 e. The molecule has 1 saturated carbocycles. The van der Waals surface area contributed by atoms with Gasteiger partial charge in [0.15, 0.2) is 0 Å². The second kappa shape index (κ2) is 5.50. The van der Waals surface area contributed by atoms with Crippen LogP contribution in [0.3, 0.4) is 0 Å². The van der Waals surface area contributed by atoms with Crippen molar-refractivity contribution < 1.29 is 0 Å². The first-order valence-corrected chi connectivity index (χ1v) is 6.58. The maximum absolute atomic E-state index is 4.18. The molecule has 0 amide bonds. The molecule has 1 fully saturated rings. The molecule has 0 aliphatic heterocycles. The van der Waals surface area contributed by atoms with E-state index in [0.717, 1.165) is 18.4 Å². The molecule has 1 heterocycles. The van der Waals surface area contributed by atoms with Gasteiger partial charge in [-0.1, -0.05) is 20.4 Å². The first-order chi connectivity index (χ1) is 8.19. The highest BCUT2D eigenvalue weighted by Gasteiger charge is 2.23. The highest BCUT2D eigenvalue weighted by Crippen LogP contribution is 2.29. The zero-order valence-electron chi connectivity index (χ0n) is 10.9. The van der Waals surface area contributed by atoms with Crippen LogP contribution in [0.5, 0.6) is 0 Å². The van der Waals surface area contributed by atoms with E-state index in [1.165, 1.54) is 24.8 Å². The van der Waals surface area contributed by atoms with E-state index in [-0.39, 0.29) is 0 Å². The van der Waals surface area contributed by atoms with Gasteiger partial charge in [-0.3, -0.25) is 0 Å². The van der Waals surface area contributed by atoms with Crippen LogP contribution in [0.1, 0.15) is 38.7 Å². The predicted molar refractivity (Wildman–Crippen MR) is 71.4 cm³/mol. The molecular formula is C14H23N3. The van der Waals surface area contributed by atoms with Gasteiger partial charge in [-0.2, -0.15) is 5.10 Å². The van der Waals surface area contributed by atoms with Gasteiger partial charge in [0.25, 0.3) is 0 Å². The lowest BCUT2D eigenvalue weighted by Gasteiger charge is -2.32. The van der Waals surface area contributed by atoms with E-state index in [1.807, 2.05) is 12.4 Å². The van der Waals surface area contributed by atoms with Crippen LogP contribution in [0.4, 0.5) is 0 Å². The number of nitrogens with one attached hydrogen (secondary N) is 1.